The summed E-state index contributed by atoms with van der Waals surface area (Å²) in [6.07, 6.45) is 1.90. The van der Waals surface area contributed by atoms with E-state index in [4.69, 9.17) is 4.98 Å². The van der Waals surface area contributed by atoms with Crippen LogP contribution in [0.4, 0.5) is 0 Å². The molecule has 7 rings (SSSR count). The normalized spacial score (nSPS) is 11.8. The van der Waals surface area contributed by atoms with Gasteiger partial charge in [-0.1, -0.05) is 97.1 Å². The molecule has 3 aromatic heterocycles. The highest BCUT2D eigenvalue weighted by Crippen LogP contribution is 2.32. The van der Waals surface area contributed by atoms with Crippen molar-refractivity contribution < 1.29 is 0 Å². The van der Waals surface area contributed by atoms with E-state index >= 15 is 0 Å². The van der Waals surface area contributed by atoms with Gasteiger partial charge < -0.3 is 4.23 Å². The minimum Gasteiger partial charge on any atom is -0.355 e. The van der Waals surface area contributed by atoms with E-state index < -0.39 is 8.24 Å². The van der Waals surface area contributed by atoms with Crippen molar-refractivity contribution in [1.29, 1.82) is 0 Å². The zero-order chi connectivity index (χ0) is 27.1. The summed E-state index contributed by atoms with van der Waals surface area (Å²) in [7, 11) is -2.96. The van der Waals surface area contributed by atoms with E-state index in [1.807, 2.05) is 20.0 Å². The first kappa shape index (κ1) is 24.1. The third-order valence-corrected chi connectivity index (χ3v) is 12.2. The summed E-state index contributed by atoms with van der Waals surface area (Å²) in [6.45, 7) is 3.79. The number of hydrogen-bond donors (Lipinski definition) is 0. The number of nitrogens with zero attached hydrogens (tertiary/aromatic N) is 5. The molecule has 3 heterocycles. The first-order chi connectivity index (χ1) is 19.7. The van der Waals surface area contributed by atoms with Crippen LogP contribution in [0.15, 0.2) is 128 Å². The quantitative estimate of drug-likeness (QED) is 0.286. The Labute approximate surface area is 234 Å². The number of benzene rings is 4. The SMILES string of the molecule is Cc1nc(C)nc(-c2cc([Si](c3ccccc3)(c3ccccc3)n3c4ccccc4c4ccccc43)ccn2)n1. The van der Waals surface area contributed by atoms with Gasteiger partial charge in [0.15, 0.2) is 5.82 Å². The van der Waals surface area contributed by atoms with Gasteiger partial charge in [0, 0.05) is 28.0 Å². The molecule has 40 heavy (non-hydrogen) atoms. The van der Waals surface area contributed by atoms with Crippen LogP contribution in [0, 0.1) is 13.8 Å². The lowest BCUT2D eigenvalue weighted by Crippen LogP contribution is -2.72. The third kappa shape index (κ3) is 3.76. The number of rotatable bonds is 5. The summed E-state index contributed by atoms with van der Waals surface area (Å²) >= 11 is 0. The van der Waals surface area contributed by atoms with Gasteiger partial charge in [-0.25, -0.2) is 15.0 Å². The van der Waals surface area contributed by atoms with Gasteiger partial charge in [0.2, 0.25) is 0 Å². The molecule has 5 nitrogen and oxygen atoms in total. The van der Waals surface area contributed by atoms with Crippen LogP contribution < -0.4 is 15.6 Å². The molecule has 0 N–H and O–H groups in total. The molecule has 192 valence electrons. The number of fused-ring (bicyclic) bond motifs is 3. The summed E-state index contributed by atoms with van der Waals surface area (Å²) in [6, 6.07) is 43.8. The fourth-order valence-corrected chi connectivity index (χ4v) is 10.9. The maximum atomic E-state index is 4.76. The zero-order valence-electron chi connectivity index (χ0n) is 22.4. The van der Waals surface area contributed by atoms with Crippen molar-refractivity contribution in [3.05, 3.63) is 139 Å². The molecule has 0 saturated heterocycles. The second-order valence-corrected chi connectivity index (χ2v) is 13.6. The van der Waals surface area contributed by atoms with Gasteiger partial charge in [-0.05, 0) is 53.7 Å². The largest absolute Gasteiger partial charge is 0.355 e. The molecule has 0 spiro atoms. The van der Waals surface area contributed by atoms with Gasteiger partial charge in [-0.3, -0.25) is 4.98 Å². The molecule has 0 radical (unpaired) electrons. The molecule has 0 unspecified atom stereocenters. The average molecular weight is 534 g/mol. The zero-order valence-corrected chi connectivity index (χ0v) is 23.4. The topological polar surface area (TPSA) is 56.5 Å². The number of aromatic nitrogens is 5. The van der Waals surface area contributed by atoms with Gasteiger partial charge in [-0.15, -0.1) is 0 Å². The smallest absolute Gasteiger partial charge is 0.257 e. The molecule has 0 bridgehead atoms. The van der Waals surface area contributed by atoms with E-state index in [1.54, 1.807) is 0 Å². The Morgan fingerprint density at radius 3 is 1.57 bits per heavy atom. The summed E-state index contributed by atoms with van der Waals surface area (Å²) in [4.78, 5) is 18.5. The molecular weight excluding hydrogens is 506 g/mol. The summed E-state index contributed by atoms with van der Waals surface area (Å²) < 4.78 is 2.63. The van der Waals surface area contributed by atoms with Crippen molar-refractivity contribution in [3.63, 3.8) is 0 Å². The van der Waals surface area contributed by atoms with Crippen molar-refractivity contribution >= 4 is 45.6 Å². The molecule has 0 aliphatic rings. The van der Waals surface area contributed by atoms with Crippen LogP contribution in [-0.2, 0) is 0 Å². The number of aryl methyl sites for hydroxylation is 2. The Morgan fingerprint density at radius 1 is 0.525 bits per heavy atom. The molecule has 0 aliphatic heterocycles. The molecule has 0 saturated carbocycles. The summed E-state index contributed by atoms with van der Waals surface area (Å²) in [5, 5.41) is 6.28. The molecule has 7 aromatic rings. The van der Waals surface area contributed by atoms with Crippen molar-refractivity contribution in [1.82, 2.24) is 24.2 Å². The minimum absolute atomic E-state index is 0.595. The second-order valence-electron chi connectivity index (χ2n) is 10.00. The highest BCUT2D eigenvalue weighted by molar-refractivity contribution is 7.11. The lowest BCUT2D eigenvalue weighted by Gasteiger charge is -2.36. The van der Waals surface area contributed by atoms with Gasteiger partial charge in [0.25, 0.3) is 8.24 Å². The minimum atomic E-state index is -2.96. The first-order valence-corrected chi connectivity index (χ1v) is 15.4. The van der Waals surface area contributed by atoms with Crippen molar-refractivity contribution in [2.24, 2.45) is 0 Å². The van der Waals surface area contributed by atoms with Gasteiger partial charge in [0.1, 0.15) is 17.3 Å². The van der Waals surface area contributed by atoms with Crippen LogP contribution in [0.3, 0.4) is 0 Å². The van der Waals surface area contributed by atoms with Crippen LogP contribution in [0.1, 0.15) is 11.6 Å². The Morgan fingerprint density at radius 2 is 1.02 bits per heavy atom. The van der Waals surface area contributed by atoms with Crippen LogP contribution in [-0.4, -0.2) is 32.4 Å². The fraction of sp³-hybridized carbons (Fsp3) is 0.0588. The Balaban J connectivity index is 1.67. The van der Waals surface area contributed by atoms with Crippen LogP contribution >= 0.6 is 0 Å². The molecular formula is C34H27N5Si. The van der Waals surface area contributed by atoms with Gasteiger partial charge in [-0.2, -0.15) is 0 Å². The van der Waals surface area contributed by atoms with E-state index in [-0.39, 0.29) is 0 Å². The highest BCUT2D eigenvalue weighted by Gasteiger charge is 2.44. The monoisotopic (exact) mass is 533 g/mol. The number of pyridine rings is 1. The van der Waals surface area contributed by atoms with Crippen LogP contribution in [0.5, 0.6) is 0 Å². The lowest BCUT2D eigenvalue weighted by atomic mass is 10.2. The predicted molar refractivity (Wildman–Crippen MR) is 165 cm³/mol. The summed E-state index contributed by atoms with van der Waals surface area (Å²) in [5.41, 5.74) is 3.18. The standard InChI is InChI=1S/C34H27N5Si/c1-24-36-25(2)38-34(37-24)31-23-28(21-22-35-31)40(26-13-5-3-6-14-26,27-15-7-4-8-16-27)39-32-19-11-9-17-29(32)30-18-10-12-20-33(30)39/h3-23H,1-2H3. The van der Waals surface area contributed by atoms with E-state index in [9.17, 15) is 0 Å². The Kier molecular flexibility index (Phi) is 5.83. The Bertz CT molecular complexity index is 1870. The predicted octanol–water partition coefficient (Wildman–Crippen LogP) is 5.17. The Hall–Kier alpha value is -4.94. The van der Waals surface area contributed by atoms with Crippen molar-refractivity contribution in [3.8, 4) is 11.5 Å². The fourth-order valence-electron chi connectivity index (χ4n) is 6.04. The van der Waals surface area contributed by atoms with E-state index in [0.717, 1.165) is 5.69 Å². The number of para-hydroxylation sites is 2. The third-order valence-electron chi connectivity index (χ3n) is 7.56. The van der Waals surface area contributed by atoms with Crippen molar-refractivity contribution in [2.75, 3.05) is 0 Å². The molecule has 0 atom stereocenters. The van der Waals surface area contributed by atoms with Crippen LogP contribution in [0.2, 0.25) is 0 Å². The maximum absolute atomic E-state index is 4.76. The molecule has 0 fully saturated rings. The summed E-state index contributed by atoms with van der Waals surface area (Å²) in [5.74, 6) is 1.97. The van der Waals surface area contributed by atoms with Crippen LogP contribution in [0.25, 0.3) is 33.3 Å². The number of hydrogen-bond acceptors (Lipinski definition) is 4. The van der Waals surface area contributed by atoms with E-state index in [2.05, 4.69) is 141 Å². The molecule has 0 amide bonds. The lowest BCUT2D eigenvalue weighted by molar-refractivity contribution is 0.923. The highest BCUT2D eigenvalue weighted by atomic mass is 28.3. The van der Waals surface area contributed by atoms with E-state index in [0.29, 0.717) is 17.5 Å². The maximum Gasteiger partial charge on any atom is 0.257 e. The average Bonchev–Trinajstić information content (AvgIpc) is 3.33. The first-order valence-electron chi connectivity index (χ1n) is 13.4. The van der Waals surface area contributed by atoms with Gasteiger partial charge in [0.05, 0.1) is 0 Å². The molecule has 4 aromatic carbocycles. The second kappa shape index (κ2) is 9.66. The molecule has 0 aliphatic carbocycles. The van der Waals surface area contributed by atoms with E-state index in [1.165, 1.54) is 37.4 Å². The van der Waals surface area contributed by atoms with Gasteiger partial charge >= 0.3 is 0 Å². The van der Waals surface area contributed by atoms with Crippen molar-refractivity contribution in [2.45, 2.75) is 13.8 Å². The molecule has 6 heteroatoms.